The van der Waals surface area contributed by atoms with Crippen LogP contribution in [0, 0.1) is 5.92 Å². The van der Waals surface area contributed by atoms with Crippen LogP contribution >= 0.6 is 0 Å². The molecule has 1 heterocycles. The number of aliphatic carboxylic acids is 1. The largest absolute Gasteiger partial charge is 0.480 e. The van der Waals surface area contributed by atoms with E-state index in [0.29, 0.717) is 12.3 Å². The molecule has 2 rings (SSSR count). The summed E-state index contributed by atoms with van der Waals surface area (Å²) in [6.07, 6.45) is 2.47. The molecule has 0 saturated heterocycles. The fraction of sp³-hybridized carbons (Fsp3) is 0.417. The fourth-order valence-electron chi connectivity index (χ4n) is 1.72. The smallest absolute Gasteiger partial charge is 0.326 e. The molecule has 1 atom stereocenters. The Balaban J connectivity index is 2.03. The van der Waals surface area contributed by atoms with E-state index < -0.39 is 23.5 Å². The predicted molar refractivity (Wildman–Crippen MR) is 63.3 cm³/mol. The minimum atomic E-state index is -1.05. The lowest BCUT2D eigenvalue weighted by molar-refractivity contribution is -0.139. The summed E-state index contributed by atoms with van der Waals surface area (Å²) in [4.78, 5) is 36.2. The molecule has 1 aliphatic rings. The highest BCUT2D eigenvalue weighted by Gasteiger charge is 2.30. The fourth-order valence-corrected chi connectivity index (χ4v) is 1.72. The number of hydrogen-bond acceptors (Lipinski definition) is 3. The third-order valence-electron chi connectivity index (χ3n) is 2.88. The second-order valence-electron chi connectivity index (χ2n) is 4.47. The van der Waals surface area contributed by atoms with Crippen molar-refractivity contribution in [2.24, 2.45) is 5.92 Å². The van der Waals surface area contributed by atoms with E-state index in [1.165, 1.54) is 18.2 Å². The molecule has 6 heteroatoms. The molecule has 1 unspecified atom stereocenters. The van der Waals surface area contributed by atoms with Gasteiger partial charge in [-0.25, -0.2) is 4.79 Å². The number of aromatic amines is 1. The summed E-state index contributed by atoms with van der Waals surface area (Å²) in [5.41, 5.74) is -0.318. The van der Waals surface area contributed by atoms with Crippen molar-refractivity contribution in [3.05, 3.63) is 34.2 Å². The molecule has 1 saturated carbocycles. The van der Waals surface area contributed by atoms with Gasteiger partial charge in [-0.05, 0) is 18.4 Å². The van der Waals surface area contributed by atoms with E-state index in [1.54, 1.807) is 0 Å². The molecule has 1 aliphatic carbocycles. The molecule has 0 bridgehead atoms. The Bertz CT molecular complexity index is 519. The van der Waals surface area contributed by atoms with Gasteiger partial charge >= 0.3 is 5.97 Å². The van der Waals surface area contributed by atoms with Crippen LogP contribution in [0.4, 0.5) is 0 Å². The van der Waals surface area contributed by atoms with E-state index in [0.717, 1.165) is 12.8 Å². The number of hydrogen-bond donors (Lipinski definition) is 3. The minimum Gasteiger partial charge on any atom is -0.480 e. The molecule has 0 radical (unpaired) electrons. The Morgan fingerprint density at radius 1 is 1.44 bits per heavy atom. The lowest BCUT2D eigenvalue weighted by Crippen LogP contribution is -2.41. The maximum absolute atomic E-state index is 11.8. The summed E-state index contributed by atoms with van der Waals surface area (Å²) in [7, 11) is 0. The lowest BCUT2D eigenvalue weighted by atomic mass is 10.1. The van der Waals surface area contributed by atoms with Gasteiger partial charge in [0.2, 0.25) is 5.56 Å². The van der Waals surface area contributed by atoms with Crippen molar-refractivity contribution < 1.29 is 14.7 Å². The van der Waals surface area contributed by atoms with Crippen molar-refractivity contribution in [3.63, 3.8) is 0 Å². The molecule has 1 aromatic heterocycles. The van der Waals surface area contributed by atoms with Crippen molar-refractivity contribution in [1.82, 2.24) is 10.3 Å². The first-order valence-corrected chi connectivity index (χ1v) is 5.79. The van der Waals surface area contributed by atoms with Crippen molar-refractivity contribution in [1.29, 1.82) is 0 Å². The Labute approximate surface area is 103 Å². The number of rotatable bonds is 5. The molecule has 1 fully saturated rings. The van der Waals surface area contributed by atoms with Gasteiger partial charge in [-0.2, -0.15) is 0 Å². The topological polar surface area (TPSA) is 99.3 Å². The Hall–Kier alpha value is -2.11. The van der Waals surface area contributed by atoms with Crippen LogP contribution in [0.5, 0.6) is 0 Å². The second kappa shape index (κ2) is 5.03. The highest BCUT2D eigenvalue weighted by Crippen LogP contribution is 2.33. The number of carbonyl (C=O) groups excluding carboxylic acids is 1. The van der Waals surface area contributed by atoms with E-state index in [9.17, 15) is 14.4 Å². The molecule has 1 amide bonds. The van der Waals surface area contributed by atoms with E-state index in [-0.39, 0.29) is 5.69 Å². The maximum Gasteiger partial charge on any atom is 0.326 e. The molecule has 1 aromatic rings. The Morgan fingerprint density at radius 3 is 2.72 bits per heavy atom. The standard InChI is InChI=1S/C12H14N2O4/c15-10-3-1-2-8(13-10)11(16)14-9(12(17)18)6-7-4-5-7/h1-3,7,9H,4-6H2,(H,13,15)(H,14,16)(H,17,18). The predicted octanol–water partition coefficient (Wildman–Crippen LogP) is 0.358. The Morgan fingerprint density at radius 2 is 2.17 bits per heavy atom. The number of nitrogens with one attached hydrogen (secondary N) is 2. The van der Waals surface area contributed by atoms with Crippen molar-refractivity contribution in [2.45, 2.75) is 25.3 Å². The highest BCUT2D eigenvalue weighted by atomic mass is 16.4. The number of amides is 1. The van der Waals surface area contributed by atoms with Crippen molar-refractivity contribution >= 4 is 11.9 Å². The normalized spacial score (nSPS) is 16.0. The summed E-state index contributed by atoms with van der Waals surface area (Å²) in [5.74, 6) is -1.23. The van der Waals surface area contributed by atoms with Crippen LogP contribution in [-0.4, -0.2) is 28.0 Å². The third kappa shape index (κ3) is 3.19. The van der Waals surface area contributed by atoms with Crippen molar-refractivity contribution in [3.8, 4) is 0 Å². The monoisotopic (exact) mass is 250 g/mol. The SMILES string of the molecule is O=C(NC(CC1CC1)C(=O)O)c1cccc(=O)[nH]1. The minimum absolute atomic E-state index is 0.0737. The summed E-state index contributed by atoms with van der Waals surface area (Å²) in [6.45, 7) is 0. The second-order valence-corrected chi connectivity index (χ2v) is 4.47. The van der Waals surface area contributed by atoms with Crippen LogP contribution in [0.15, 0.2) is 23.0 Å². The van der Waals surface area contributed by atoms with Gasteiger partial charge in [0.25, 0.3) is 5.91 Å². The van der Waals surface area contributed by atoms with Crippen LogP contribution in [0.3, 0.4) is 0 Å². The van der Waals surface area contributed by atoms with Gasteiger partial charge in [-0.1, -0.05) is 18.9 Å². The summed E-state index contributed by atoms with van der Waals surface area (Å²) < 4.78 is 0. The van der Waals surface area contributed by atoms with Crippen LogP contribution in [-0.2, 0) is 4.79 Å². The zero-order chi connectivity index (χ0) is 13.1. The summed E-state index contributed by atoms with van der Waals surface area (Å²) in [5, 5.41) is 11.4. The average molecular weight is 250 g/mol. The zero-order valence-corrected chi connectivity index (χ0v) is 9.68. The quantitative estimate of drug-likeness (QED) is 0.702. The molecule has 6 nitrogen and oxygen atoms in total. The molecular formula is C12H14N2O4. The van der Waals surface area contributed by atoms with Gasteiger partial charge in [-0.3, -0.25) is 9.59 Å². The maximum atomic E-state index is 11.8. The summed E-state index contributed by atoms with van der Waals surface area (Å²) >= 11 is 0. The van der Waals surface area contributed by atoms with Gasteiger partial charge in [0.1, 0.15) is 11.7 Å². The van der Waals surface area contributed by atoms with E-state index in [1.807, 2.05) is 0 Å². The van der Waals surface area contributed by atoms with Crippen LogP contribution in [0.25, 0.3) is 0 Å². The van der Waals surface area contributed by atoms with Crippen molar-refractivity contribution in [2.75, 3.05) is 0 Å². The van der Waals surface area contributed by atoms with E-state index in [4.69, 9.17) is 5.11 Å². The molecule has 0 aliphatic heterocycles. The molecule has 3 N–H and O–H groups in total. The molecular weight excluding hydrogens is 236 g/mol. The summed E-state index contributed by atoms with van der Waals surface area (Å²) in [6, 6.07) is 3.28. The number of pyridine rings is 1. The average Bonchev–Trinajstić information content (AvgIpc) is 3.12. The van der Waals surface area contributed by atoms with Crippen LogP contribution < -0.4 is 10.9 Å². The number of carbonyl (C=O) groups is 2. The van der Waals surface area contributed by atoms with E-state index >= 15 is 0 Å². The third-order valence-corrected chi connectivity index (χ3v) is 2.88. The van der Waals surface area contributed by atoms with Gasteiger partial charge in [0.15, 0.2) is 0 Å². The van der Waals surface area contributed by atoms with Gasteiger partial charge < -0.3 is 15.4 Å². The zero-order valence-electron chi connectivity index (χ0n) is 9.68. The van der Waals surface area contributed by atoms with Crippen LogP contribution in [0.1, 0.15) is 29.8 Å². The first-order valence-electron chi connectivity index (χ1n) is 5.79. The molecule has 18 heavy (non-hydrogen) atoms. The number of carboxylic acid groups (broad SMARTS) is 1. The molecule has 0 aromatic carbocycles. The van der Waals surface area contributed by atoms with Gasteiger partial charge in [-0.15, -0.1) is 0 Å². The van der Waals surface area contributed by atoms with Gasteiger partial charge in [0, 0.05) is 6.07 Å². The molecule has 96 valence electrons. The van der Waals surface area contributed by atoms with E-state index in [2.05, 4.69) is 10.3 Å². The number of aromatic nitrogens is 1. The number of carboxylic acids is 1. The highest BCUT2D eigenvalue weighted by molar-refractivity contribution is 5.94. The molecule has 0 spiro atoms. The van der Waals surface area contributed by atoms with Crippen LogP contribution in [0.2, 0.25) is 0 Å². The first kappa shape index (κ1) is 12.3. The Kier molecular flexibility index (Phi) is 3.45. The number of H-pyrrole nitrogens is 1. The lowest BCUT2D eigenvalue weighted by Gasteiger charge is -2.13. The first-order chi connectivity index (χ1) is 8.56. The van der Waals surface area contributed by atoms with Gasteiger partial charge in [0.05, 0.1) is 0 Å².